The van der Waals surface area contributed by atoms with Crippen LogP contribution in [0, 0.1) is 0 Å². The summed E-state index contributed by atoms with van der Waals surface area (Å²) >= 11 is 11.9. The zero-order chi connectivity index (χ0) is 30.0. The molecule has 2 aliphatic heterocycles. The summed E-state index contributed by atoms with van der Waals surface area (Å²) in [6, 6.07) is 16.7. The zero-order valence-corrected chi connectivity index (χ0v) is 26.8. The van der Waals surface area contributed by atoms with Gasteiger partial charge in [0.05, 0.1) is 0 Å². The fourth-order valence-electron chi connectivity index (χ4n) is 7.28. The van der Waals surface area contributed by atoms with Crippen LogP contribution in [-0.2, 0) is 0 Å². The Morgan fingerprint density at radius 3 is 1.07 bits per heavy atom. The third kappa shape index (κ3) is 3.64. The van der Waals surface area contributed by atoms with Crippen LogP contribution in [0.3, 0.4) is 0 Å². The predicted molar refractivity (Wildman–Crippen MR) is 183 cm³/mol. The van der Waals surface area contributed by atoms with Crippen molar-refractivity contribution in [2.24, 2.45) is 0 Å². The Morgan fingerprint density at radius 2 is 0.786 bits per heavy atom. The Labute approximate surface area is 258 Å². The van der Waals surface area contributed by atoms with Gasteiger partial charge in [-0.15, -0.1) is 0 Å². The lowest BCUT2D eigenvalue weighted by Crippen LogP contribution is -2.46. The molecular formula is C36H36N2O2S2. The van der Waals surface area contributed by atoms with Gasteiger partial charge in [-0.25, -0.2) is 0 Å². The van der Waals surface area contributed by atoms with Gasteiger partial charge in [0.1, 0.15) is 9.98 Å². The summed E-state index contributed by atoms with van der Waals surface area (Å²) in [6.45, 7) is 12.4. The number of nitrogens with zero attached hydrogens (tertiary/aromatic N) is 2. The van der Waals surface area contributed by atoms with E-state index in [1.54, 1.807) is 0 Å². The van der Waals surface area contributed by atoms with Gasteiger partial charge in [-0.3, -0.25) is 19.4 Å². The molecule has 0 N–H and O–H groups in total. The maximum Gasteiger partial charge on any atom is 0.259 e. The molecule has 2 aliphatic rings. The predicted octanol–water partition coefficient (Wildman–Crippen LogP) is 9.40. The molecule has 0 spiro atoms. The highest BCUT2D eigenvalue weighted by molar-refractivity contribution is 7.81. The second kappa shape index (κ2) is 10.7. The van der Waals surface area contributed by atoms with Gasteiger partial charge >= 0.3 is 0 Å². The third-order valence-corrected chi connectivity index (χ3v) is 10.1. The molecule has 7 rings (SSSR count). The lowest BCUT2D eigenvalue weighted by atomic mass is 9.82. The van der Waals surface area contributed by atoms with Gasteiger partial charge in [-0.1, -0.05) is 102 Å². The zero-order valence-electron chi connectivity index (χ0n) is 25.1. The second-order valence-electron chi connectivity index (χ2n) is 11.0. The van der Waals surface area contributed by atoms with Crippen molar-refractivity contribution >= 4 is 89.3 Å². The first kappa shape index (κ1) is 28.6. The number of fused-ring (bicyclic) bond motifs is 2. The van der Waals surface area contributed by atoms with Crippen molar-refractivity contribution in [1.82, 2.24) is 9.80 Å². The van der Waals surface area contributed by atoms with E-state index in [-0.39, 0.29) is 23.9 Å². The standard InChI is InChI=1S/C34H30N2O2S2.C2H6/c1-5-17(6-2)35-31(37)23-13-9-19-20-10-14-24-30-26(34(40)36(32(24)38)18(7-3)8-4)16-12-22(28(20)30)21-11-15-25(33(35)39)29(23)27(19)21;1-2/h9-18H,5-8H2,1-4H3;1-2H3. The van der Waals surface area contributed by atoms with Crippen LogP contribution in [0.1, 0.15) is 99.1 Å². The van der Waals surface area contributed by atoms with Crippen molar-refractivity contribution in [3.63, 3.8) is 0 Å². The summed E-state index contributed by atoms with van der Waals surface area (Å²) in [5.74, 6) is -0.0215. The molecule has 2 heterocycles. The molecule has 0 aromatic heterocycles. The first-order chi connectivity index (χ1) is 20.4. The molecule has 0 saturated heterocycles. The van der Waals surface area contributed by atoms with Gasteiger partial charge in [0.25, 0.3) is 11.8 Å². The molecule has 5 aromatic rings. The topological polar surface area (TPSA) is 40.6 Å². The third-order valence-electron chi connectivity index (χ3n) is 9.31. The van der Waals surface area contributed by atoms with Crippen molar-refractivity contribution in [2.45, 2.75) is 79.3 Å². The van der Waals surface area contributed by atoms with Crippen molar-refractivity contribution in [2.75, 3.05) is 0 Å². The smallest absolute Gasteiger partial charge is 0.259 e. The normalized spacial score (nSPS) is 14.9. The lowest BCUT2D eigenvalue weighted by Gasteiger charge is -2.36. The molecule has 0 unspecified atom stereocenters. The van der Waals surface area contributed by atoms with Gasteiger partial charge < -0.3 is 0 Å². The van der Waals surface area contributed by atoms with E-state index in [0.29, 0.717) is 21.1 Å². The molecule has 0 bridgehead atoms. The Kier molecular flexibility index (Phi) is 7.27. The summed E-state index contributed by atoms with van der Waals surface area (Å²) < 4.78 is 0. The molecule has 0 aliphatic carbocycles. The first-order valence-electron chi connectivity index (χ1n) is 15.3. The minimum atomic E-state index is -0.0108. The minimum absolute atomic E-state index is 0.0108. The van der Waals surface area contributed by atoms with E-state index in [9.17, 15) is 9.59 Å². The maximum atomic E-state index is 13.9. The minimum Gasteiger partial charge on any atom is -0.295 e. The maximum absolute atomic E-state index is 13.9. The van der Waals surface area contributed by atoms with E-state index < -0.39 is 0 Å². The quantitative estimate of drug-likeness (QED) is 0.112. The highest BCUT2D eigenvalue weighted by atomic mass is 32.1. The van der Waals surface area contributed by atoms with Crippen LogP contribution in [0.4, 0.5) is 0 Å². The molecule has 0 radical (unpaired) electrons. The van der Waals surface area contributed by atoms with Crippen molar-refractivity contribution in [3.05, 3.63) is 70.8 Å². The van der Waals surface area contributed by atoms with Crippen LogP contribution in [0.15, 0.2) is 48.5 Å². The summed E-state index contributed by atoms with van der Waals surface area (Å²) in [5.41, 5.74) is 3.32. The number of carbonyl (C=O) groups excluding carboxylic acids is 2. The number of amides is 2. The van der Waals surface area contributed by atoms with E-state index in [1.165, 1.54) is 0 Å². The number of benzene rings is 5. The number of carbonyl (C=O) groups is 2. The largest absolute Gasteiger partial charge is 0.295 e. The van der Waals surface area contributed by atoms with E-state index in [1.807, 2.05) is 35.8 Å². The average Bonchev–Trinajstić information content (AvgIpc) is 3.02. The molecule has 2 amide bonds. The first-order valence-corrected chi connectivity index (χ1v) is 16.1. The van der Waals surface area contributed by atoms with E-state index >= 15 is 0 Å². The number of hydrogen-bond acceptors (Lipinski definition) is 4. The molecule has 4 nitrogen and oxygen atoms in total. The number of rotatable bonds is 6. The molecule has 0 saturated carbocycles. The number of thiocarbonyl (C=S) groups is 2. The van der Waals surface area contributed by atoms with Crippen LogP contribution in [-0.4, -0.2) is 43.7 Å². The van der Waals surface area contributed by atoms with Crippen LogP contribution in [0.2, 0.25) is 0 Å². The van der Waals surface area contributed by atoms with Crippen molar-refractivity contribution in [1.29, 1.82) is 0 Å². The molecular weight excluding hydrogens is 557 g/mol. The average molecular weight is 593 g/mol. The summed E-state index contributed by atoms with van der Waals surface area (Å²) in [7, 11) is 0. The molecule has 214 valence electrons. The monoisotopic (exact) mass is 592 g/mol. The Morgan fingerprint density at radius 1 is 0.500 bits per heavy atom. The van der Waals surface area contributed by atoms with Crippen LogP contribution in [0.25, 0.3) is 43.1 Å². The van der Waals surface area contributed by atoms with Gasteiger partial charge in [-0.2, -0.15) is 0 Å². The Bertz CT molecular complexity index is 1690. The van der Waals surface area contributed by atoms with Crippen molar-refractivity contribution in [3.8, 4) is 0 Å². The molecule has 42 heavy (non-hydrogen) atoms. The highest BCUT2D eigenvalue weighted by Gasteiger charge is 2.37. The highest BCUT2D eigenvalue weighted by Crippen LogP contribution is 2.47. The SMILES string of the molecule is CC.CCC(CC)N1C(=O)c2ccc3c4ccc5c6c(ccc(c7ccc(c2c37)C1=S)c64)C(=S)N(C(CC)CC)C5=O. The molecule has 0 fully saturated rings. The van der Waals surface area contributed by atoms with Crippen LogP contribution < -0.4 is 0 Å². The van der Waals surface area contributed by atoms with E-state index in [2.05, 4.69) is 64.1 Å². The summed E-state index contributed by atoms with van der Waals surface area (Å²) in [6.07, 6.45) is 3.41. The van der Waals surface area contributed by atoms with Crippen molar-refractivity contribution < 1.29 is 9.59 Å². The number of hydrogen-bond donors (Lipinski definition) is 0. The summed E-state index contributed by atoms with van der Waals surface area (Å²) in [5, 5.41) is 8.29. The van der Waals surface area contributed by atoms with Crippen LogP contribution in [0.5, 0.6) is 0 Å². The molecule has 0 atom stereocenters. The molecule has 6 heteroatoms. The van der Waals surface area contributed by atoms with E-state index in [0.717, 1.165) is 79.9 Å². The van der Waals surface area contributed by atoms with Gasteiger partial charge in [0, 0.05) is 45.1 Å². The van der Waals surface area contributed by atoms with Gasteiger partial charge in [0.15, 0.2) is 0 Å². The molecule has 5 aromatic carbocycles. The Balaban J connectivity index is 0.00000155. The van der Waals surface area contributed by atoms with Gasteiger partial charge in [0.2, 0.25) is 0 Å². The second-order valence-corrected chi connectivity index (χ2v) is 11.8. The van der Waals surface area contributed by atoms with Crippen LogP contribution >= 0.6 is 24.4 Å². The fourth-order valence-corrected chi connectivity index (χ4v) is 8.08. The van der Waals surface area contributed by atoms with Gasteiger partial charge in [-0.05, 0) is 70.1 Å². The van der Waals surface area contributed by atoms with E-state index in [4.69, 9.17) is 24.4 Å². The lowest BCUT2D eigenvalue weighted by molar-refractivity contribution is 0.0791. The summed E-state index contributed by atoms with van der Waals surface area (Å²) in [4.78, 5) is 32.6. The fraction of sp³-hybridized carbons (Fsp3) is 0.333. The Hall–Kier alpha value is -3.48.